The van der Waals surface area contributed by atoms with Crippen LogP contribution in [0.15, 0.2) is 82.2 Å². The van der Waals surface area contributed by atoms with Crippen LogP contribution in [0, 0.1) is 0 Å². The van der Waals surface area contributed by atoms with Gasteiger partial charge in [-0.3, -0.25) is 4.31 Å². The standard InChI is InChI=1S/C27H30BrClN2O3S.ClH/c28-25-10-3-4-11-26(25)31(35(32,33)24-15-13-23(29)14-16-24)21-22-9-2-5-12-27(22)34-20-8-19-30-17-6-1-7-18-30;/h2-5,9-16H,1,6-8,17-21H2;1H. The Balaban J connectivity index is 0.00000361. The fourth-order valence-corrected chi connectivity index (χ4v) is 6.47. The Kier molecular flexibility index (Phi) is 10.9. The maximum absolute atomic E-state index is 13.8. The van der Waals surface area contributed by atoms with E-state index >= 15 is 0 Å². The van der Waals surface area contributed by atoms with Gasteiger partial charge in [0.15, 0.2) is 0 Å². The van der Waals surface area contributed by atoms with Crippen molar-refractivity contribution < 1.29 is 13.2 Å². The van der Waals surface area contributed by atoms with Crippen LogP contribution in [0.3, 0.4) is 0 Å². The van der Waals surface area contributed by atoms with Gasteiger partial charge < -0.3 is 9.64 Å². The predicted octanol–water partition coefficient (Wildman–Crippen LogP) is 7.17. The van der Waals surface area contributed by atoms with Gasteiger partial charge in [0.25, 0.3) is 10.0 Å². The quantitative estimate of drug-likeness (QED) is 0.227. The van der Waals surface area contributed by atoms with Crippen LogP contribution < -0.4 is 9.04 Å². The highest BCUT2D eigenvalue weighted by atomic mass is 79.9. The molecule has 0 unspecified atom stereocenters. The number of para-hydroxylation sites is 2. The van der Waals surface area contributed by atoms with Crippen LogP contribution >= 0.6 is 39.9 Å². The first-order valence-electron chi connectivity index (χ1n) is 11.9. The maximum atomic E-state index is 13.8. The summed E-state index contributed by atoms with van der Waals surface area (Å²) in [6, 6.07) is 21.2. The van der Waals surface area contributed by atoms with Gasteiger partial charge in [-0.25, -0.2) is 8.42 Å². The monoisotopic (exact) mass is 612 g/mol. The fourth-order valence-electron chi connectivity index (χ4n) is 4.27. The van der Waals surface area contributed by atoms with E-state index in [-0.39, 0.29) is 23.8 Å². The molecule has 0 saturated carbocycles. The number of rotatable bonds is 10. The molecule has 1 fully saturated rings. The summed E-state index contributed by atoms with van der Waals surface area (Å²) in [4.78, 5) is 2.67. The molecule has 1 saturated heterocycles. The van der Waals surface area contributed by atoms with Crippen molar-refractivity contribution in [2.75, 3.05) is 30.5 Å². The number of hydrogen-bond donors (Lipinski definition) is 0. The number of likely N-dealkylation sites (tertiary alicyclic amines) is 1. The van der Waals surface area contributed by atoms with Gasteiger partial charge in [-0.15, -0.1) is 12.4 Å². The Morgan fingerprint density at radius 1 is 0.917 bits per heavy atom. The van der Waals surface area contributed by atoms with Crippen molar-refractivity contribution in [1.82, 2.24) is 4.90 Å². The van der Waals surface area contributed by atoms with Crippen LogP contribution in [0.5, 0.6) is 5.75 Å². The lowest BCUT2D eigenvalue weighted by molar-refractivity contribution is 0.204. The molecule has 0 N–H and O–H groups in total. The summed E-state index contributed by atoms with van der Waals surface area (Å²) >= 11 is 9.54. The molecule has 0 aliphatic carbocycles. The normalized spacial score (nSPS) is 14.2. The van der Waals surface area contributed by atoms with Gasteiger partial charge in [0.2, 0.25) is 0 Å². The molecule has 1 aliphatic rings. The average Bonchev–Trinajstić information content (AvgIpc) is 2.87. The summed E-state index contributed by atoms with van der Waals surface area (Å²) in [5, 5.41) is 0.486. The number of hydrogen-bond acceptors (Lipinski definition) is 4. The maximum Gasteiger partial charge on any atom is 0.264 e. The molecular weight excluding hydrogens is 583 g/mol. The molecule has 1 heterocycles. The number of benzene rings is 3. The van der Waals surface area contributed by atoms with E-state index in [1.54, 1.807) is 18.2 Å². The highest BCUT2D eigenvalue weighted by Crippen LogP contribution is 2.34. The van der Waals surface area contributed by atoms with Crippen LogP contribution in [0.2, 0.25) is 5.02 Å². The first kappa shape index (κ1) is 28.8. The topological polar surface area (TPSA) is 49.9 Å². The third-order valence-electron chi connectivity index (χ3n) is 6.13. The van der Waals surface area contributed by atoms with Crippen molar-refractivity contribution >= 4 is 55.6 Å². The molecule has 1 aliphatic heterocycles. The minimum absolute atomic E-state index is 0. The van der Waals surface area contributed by atoms with E-state index in [4.69, 9.17) is 16.3 Å². The largest absolute Gasteiger partial charge is 0.493 e. The smallest absolute Gasteiger partial charge is 0.264 e. The second-order valence-corrected chi connectivity index (χ2v) is 11.8. The highest BCUT2D eigenvalue weighted by molar-refractivity contribution is 9.10. The Labute approximate surface area is 234 Å². The molecule has 194 valence electrons. The number of halogens is 3. The van der Waals surface area contributed by atoms with E-state index in [0.29, 0.717) is 27.5 Å². The van der Waals surface area contributed by atoms with Crippen molar-refractivity contribution in [2.45, 2.75) is 37.1 Å². The number of anilines is 1. The molecule has 0 atom stereocenters. The summed E-state index contributed by atoms with van der Waals surface area (Å²) in [5.74, 6) is 0.703. The van der Waals surface area contributed by atoms with Crippen molar-refractivity contribution in [3.8, 4) is 5.75 Å². The summed E-state index contributed by atoms with van der Waals surface area (Å²) < 4.78 is 35.8. The molecule has 4 rings (SSSR count). The molecule has 5 nitrogen and oxygen atoms in total. The van der Waals surface area contributed by atoms with Crippen LogP contribution in [0.25, 0.3) is 0 Å². The molecular formula is C27H31BrCl2N2O3S. The van der Waals surface area contributed by atoms with Crippen LogP contribution in [-0.4, -0.2) is 39.6 Å². The first-order chi connectivity index (χ1) is 16.9. The molecule has 0 amide bonds. The van der Waals surface area contributed by atoms with Crippen LogP contribution in [-0.2, 0) is 16.6 Å². The Morgan fingerprint density at radius 2 is 1.58 bits per heavy atom. The predicted molar refractivity (Wildman–Crippen MR) is 153 cm³/mol. The SMILES string of the molecule is Cl.O=S(=O)(c1ccc(Cl)cc1)N(Cc1ccccc1OCCCN1CCCCC1)c1ccccc1Br. The van der Waals surface area contributed by atoms with Crippen molar-refractivity contribution in [3.05, 3.63) is 87.9 Å². The first-order valence-corrected chi connectivity index (χ1v) is 14.5. The average molecular weight is 614 g/mol. The minimum atomic E-state index is -3.87. The number of ether oxygens (including phenoxy) is 1. The molecule has 3 aromatic carbocycles. The summed E-state index contributed by atoms with van der Waals surface area (Å²) in [7, 11) is -3.87. The number of piperidine rings is 1. The van der Waals surface area contributed by atoms with Crippen molar-refractivity contribution in [1.29, 1.82) is 0 Å². The van der Waals surface area contributed by atoms with E-state index < -0.39 is 10.0 Å². The third-order valence-corrected chi connectivity index (χ3v) is 8.83. The van der Waals surface area contributed by atoms with E-state index in [2.05, 4.69) is 20.8 Å². The van der Waals surface area contributed by atoms with Crippen LogP contribution in [0.1, 0.15) is 31.2 Å². The molecule has 0 radical (unpaired) electrons. The van der Waals surface area contributed by atoms with Gasteiger partial charge in [0.1, 0.15) is 5.75 Å². The van der Waals surface area contributed by atoms with Gasteiger partial charge in [-0.2, -0.15) is 0 Å². The lowest BCUT2D eigenvalue weighted by atomic mass is 10.1. The molecule has 3 aromatic rings. The summed E-state index contributed by atoms with van der Waals surface area (Å²) in [6.07, 6.45) is 4.81. The molecule has 0 spiro atoms. The summed E-state index contributed by atoms with van der Waals surface area (Å²) in [6.45, 7) is 4.08. The summed E-state index contributed by atoms with van der Waals surface area (Å²) in [5.41, 5.74) is 1.36. The van der Waals surface area contributed by atoms with Gasteiger partial charge in [-0.1, -0.05) is 48.4 Å². The third kappa shape index (κ3) is 7.39. The Hall–Kier alpha value is -1.77. The number of sulfonamides is 1. The highest BCUT2D eigenvalue weighted by Gasteiger charge is 2.27. The Bertz CT molecular complexity index is 1220. The molecule has 0 aromatic heterocycles. The lowest BCUT2D eigenvalue weighted by Crippen LogP contribution is -2.31. The minimum Gasteiger partial charge on any atom is -0.493 e. The lowest BCUT2D eigenvalue weighted by Gasteiger charge is -2.27. The molecule has 9 heteroatoms. The van der Waals surface area contributed by atoms with Crippen LogP contribution in [0.4, 0.5) is 5.69 Å². The zero-order valence-electron chi connectivity index (χ0n) is 20.0. The number of nitrogens with zero attached hydrogens (tertiary/aromatic N) is 2. The van der Waals surface area contributed by atoms with Gasteiger partial charge in [-0.05, 0) is 90.7 Å². The second kappa shape index (κ2) is 13.7. The van der Waals surface area contributed by atoms with Gasteiger partial charge in [0.05, 0.1) is 23.7 Å². The molecule has 36 heavy (non-hydrogen) atoms. The second-order valence-electron chi connectivity index (χ2n) is 8.63. The van der Waals surface area contributed by atoms with E-state index in [1.165, 1.54) is 48.8 Å². The zero-order chi connectivity index (χ0) is 24.7. The molecule has 0 bridgehead atoms. The van der Waals surface area contributed by atoms with Crippen molar-refractivity contribution in [2.24, 2.45) is 0 Å². The van der Waals surface area contributed by atoms with E-state index in [1.807, 2.05) is 42.5 Å². The fraction of sp³-hybridized carbons (Fsp3) is 0.333. The van der Waals surface area contributed by atoms with Gasteiger partial charge in [0, 0.05) is 21.6 Å². The Morgan fingerprint density at radius 3 is 2.31 bits per heavy atom. The van der Waals surface area contributed by atoms with Gasteiger partial charge >= 0.3 is 0 Å². The zero-order valence-corrected chi connectivity index (χ0v) is 24.0. The van der Waals surface area contributed by atoms with Crippen molar-refractivity contribution in [3.63, 3.8) is 0 Å². The van der Waals surface area contributed by atoms with E-state index in [9.17, 15) is 8.42 Å². The van der Waals surface area contributed by atoms with E-state index in [0.717, 1.165) is 18.5 Å².